The van der Waals surface area contributed by atoms with Crippen molar-refractivity contribution >= 4 is 39.9 Å². The first-order chi connectivity index (χ1) is 7.00. The van der Waals surface area contributed by atoms with Gasteiger partial charge in [-0.25, -0.2) is 0 Å². The van der Waals surface area contributed by atoms with Gasteiger partial charge in [0.25, 0.3) is 0 Å². The van der Waals surface area contributed by atoms with E-state index >= 15 is 0 Å². The van der Waals surface area contributed by atoms with E-state index in [1.807, 2.05) is 6.07 Å². The van der Waals surface area contributed by atoms with Crippen LogP contribution in [0.1, 0.15) is 19.4 Å². The van der Waals surface area contributed by atoms with Crippen LogP contribution in [0.2, 0.25) is 5.15 Å². The second kappa shape index (κ2) is 5.06. The van der Waals surface area contributed by atoms with E-state index in [-0.39, 0.29) is 9.90 Å². The number of thioether (sulfide) groups is 1. The zero-order chi connectivity index (χ0) is 11.5. The predicted octanol–water partition coefficient (Wildman–Crippen LogP) is 3.22. The minimum absolute atomic E-state index is 0.128. The van der Waals surface area contributed by atoms with Gasteiger partial charge >= 0.3 is 0 Å². The Bertz CT molecular complexity index is 381. The molecule has 0 unspecified atom stereocenters. The monoisotopic (exact) mass is 261 g/mol. The summed E-state index contributed by atoms with van der Waals surface area (Å²) in [6.07, 6.45) is 2.06. The Balaban J connectivity index is 2.71. The fourth-order valence-electron chi connectivity index (χ4n) is 0.854. The number of nitrogens with zero attached hydrogens (tertiary/aromatic N) is 2. The summed E-state index contributed by atoms with van der Waals surface area (Å²) in [5, 5.41) is 13.1. The molecule has 0 aliphatic heterocycles. The van der Waals surface area contributed by atoms with Crippen LogP contribution >= 0.6 is 34.9 Å². The number of nitriles is 1. The van der Waals surface area contributed by atoms with Crippen molar-refractivity contribution in [2.75, 3.05) is 18.1 Å². The lowest BCUT2D eigenvalue weighted by atomic mass is 10.2. The van der Waals surface area contributed by atoms with Crippen molar-refractivity contribution in [3.63, 3.8) is 0 Å². The lowest BCUT2D eigenvalue weighted by molar-refractivity contribution is 0.754. The molecule has 1 rings (SSSR count). The second-order valence-corrected chi connectivity index (χ2v) is 6.25. The van der Waals surface area contributed by atoms with Crippen LogP contribution in [-0.2, 0) is 0 Å². The molecule has 0 spiro atoms. The van der Waals surface area contributed by atoms with E-state index in [0.29, 0.717) is 5.56 Å². The highest BCUT2D eigenvalue weighted by atomic mass is 35.5. The SMILES string of the molecule is CSC(C)(C)CNc1snc(Cl)c1C#N. The molecule has 0 aliphatic rings. The van der Waals surface area contributed by atoms with Crippen LogP contribution in [0.15, 0.2) is 0 Å². The highest BCUT2D eigenvalue weighted by Crippen LogP contribution is 2.29. The van der Waals surface area contributed by atoms with Gasteiger partial charge in [0.2, 0.25) is 0 Å². The molecule has 1 aromatic rings. The number of rotatable bonds is 4. The van der Waals surface area contributed by atoms with Gasteiger partial charge in [-0.1, -0.05) is 11.6 Å². The van der Waals surface area contributed by atoms with E-state index < -0.39 is 0 Å². The summed E-state index contributed by atoms with van der Waals surface area (Å²) >= 11 is 8.76. The highest BCUT2D eigenvalue weighted by Gasteiger charge is 2.18. The lowest BCUT2D eigenvalue weighted by Gasteiger charge is -2.22. The van der Waals surface area contributed by atoms with Gasteiger partial charge in [0.15, 0.2) is 5.15 Å². The van der Waals surface area contributed by atoms with Crippen molar-refractivity contribution in [1.29, 1.82) is 5.26 Å². The summed E-state index contributed by atoms with van der Waals surface area (Å²) in [6, 6.07) is 2.04. The maximum absolute atomic E-state index is 8.86. The quantitative estimate of drug-likeness (QED) is 0.904. The Morgan fingerprint density at radius 2 is 2.33 bits per heavy atom. The summed E-state index contributed by atoms with van der Waals surface area (Å²) in [5.41, 5.74) is 0.443. The van der Waals surface area contributed by atoms with E-state index in [2.05, 4.69) is 29.8 Å². The molecule has 0 radical (unpaired) electrons. The molecular weight excluding hydrogens is 250 g/mol. The molecule has 0 fully saturated rings. The smallest absolute Gasteiger partial charge is 0.162 e. The van der Waals surface area contributed by atoms with E-state index in [9.17, 15) is 0 Å². The van der Waals surface area contributed by atoms with E-state index in [1.165, 1.54) is 11.5 Å². The molecule has 0 saturated carbocycles. The van der Waals surface area contributed by atoms with Gasteiger partial charge in [-0.15, -0.1) is 0 Å². The topological polar surface area (TPSA) is 48.7 Å². The molecule has 6 heteroatoms. The average Bonchev–Trinajstić information content (AvgIpc) is 2.56. The minimum atomic E-state index is 0.128. The third kappa shape index (κ3) is 3.26. The second-order valence-electron chi connectivity index (χ2n) is 3.61. The van der Waals surface area contributed by atoms with Gasteiger partial charge < -0.3 is 5.32 Å². The summed E-state index contributed by atoms with van der Waals surface area (Å²) in [4.78, 5) is 0. The Labute approximate surface area is 103 Å². The Kier molecular flexibility index (Phi) is 4.26. The number of hydrogen-bond donors (Lipinski definition) is 1. The molecule has 0 aromatic carbocycles. The van der Waals surface area contributed by atoms with Crippen molar-refractivity contribution in [3.8, 4) is 6.07 Å². The van der Waals surface area contributed by atoms with Crippen LogP contribution < -0.4 is 5.32 Å². The standard InChI is InChI=1S/C9H12ClN3S2/c1-9(2,14-3)5-12-8-6(4-11)7(10)13-15-8/h12H,5H2,1-3H3. The van der Waals surface area contributed by atoms with Crippen LogP contribution in [0.25, 0.3) is 0 Å². The van der Waals surface area contributed by atoms with Gasteiger partial charge in [-0.3, -0.25) is 0 Å². The predicted molar refractivity (Wildman–Crippen MR) is 67.9 cm³/mol. The molecule has 0 atom stereocenters. The molecule has 0 amide bonds. The first-order valence-corrected chi connectivity index (χ1v) is 6.72. The molecule has 1 aromatic heterocycles. The molecular formula is C9H12ClN3S2. The van der Waals surface area contributed by atoms with Gasteiger partial charge in [-0.2, -0.15) is 21.4 Å². The van der Waals surface area contributed by atoms with E-state index in [4.69, 9.17) is 16.9 Å². The molecule has 1 N–H and O–H groups in total. The zero-order valence-electron chi connectivity index (χ0n) is 8.80. The molecule has 0 aliphatic carbocycles. The Hall–Kier alpha value is -0.440. The number of aromatic nitrogens is 1. The zero-order valence-corrected chi connectivity index (χ0v) is 11.2. The third-order valence-corrected chi connectivity index (χ3v) is 4.42. The Morgan fingerprint density at radius 3 is 2.87 bits per heavy atom. The van der Waals surface area contributed by atoms with Gasteiger partial charge in [0, 0.05) is 11.3 Å². The van der Waals surface area contributed by atoms with Crippen molar-refractivity contribution in [2.24, 2.45) is 0 Å². The molecule has 0 saturated heterocycles. The van der Waals surface area contributed by atoms with Crippen molar-refractivity contribution in [2.45, 2.75) is 18.6 Å². The number of nitrogens with one attached hydrogen (secondary N) is 1. The first kappa shape index (κ1) is 12.6. The maximum Gasteiger partial charge on any atom is 0.162 e. The van der Waals surface area contributed by atoms with Crippen LogP contribution in [0, 0.1) is 11.3 Å². The lowest BCUT2D eigenvalue weighted by Crippen LogP contribution is -2.25. The fraction of sp³-hybridized carbons (Fsp3) is 0.556. The van der Waals surface area contributed by atoms with Crippen LogP contribution in [0.3, 0.4) is 0 Å². The minimum Gasteiger partial charge on any atom is -0.373 e. The average molecular weight is 262 g/mol. The maximum atomic E-state index is 8.86. The van der Waals surface area contributed by atoms with Crippen LogP contribution in [0.4, 0.5) is 5.00 Å². The fourth-order valence-corrected chi connectivity index (χ4v) is 2.00. The third-order valence-electron chi connectivity index (χ3n) is 1.99. The largest absolute Gasteiger partial charge is 0.373 e. The van der Waals surface area contributed by atoms with Crippen LogP contribution in [0.5, 0.6) is 0 Å². The van der Waals surface area contributed by atoms with Gasteiger partial charge in [-0.05, 0) is 31.6 Å². The number of halogens is 1. The summed E-state index contributed by atoms with van der Waals surface area (Å²) in [6.45, 7) is 5.06. The summed E-state index contributed by atoms with van der Waals surface area (Å²) in [7, 11) is 0. The van der Waals surface area contributed by atoms with E-state index in [1.54, 1.807) is 11.8 Å². The van der Waals surface area contributed by atoms with Crippen molar-refractivity contribution < 1.29 is 0 Å². The summed E-state index contributed by atoms with van der Waals surface area (Å²) in [5.74, 6) is 0. The molecule has 0 bridgehead atoms. The highest BCUT2D eigenvalue weighted by molar-refractivity contribution is 7.99. The van der Waals surface area contributed by atoms with E-state index in [0.717, 1.165) is 11.5 Å². The molecule has 82 valence electrons. The first-order valence-electron chi connectivity index (χ1n) is 4.34. The normalized spacial score (nSPS) is 11.1. The van der Waals surface area contributed by atoms with Crippen LogP contribution in [-0.4, -0.2) is 21.9 Å². The van der Waals surface area contributed by atoms with Gasteiger partial charge in [0.05, 0.1) is 0 Å². The van der Waals surface area contributed by atoms with Crippen molar-refractivity contribution in [1.82, 2.24) is 4.37 Å². The number of hydrogen-bond acceptors (Lipinski definition) is 5. The molecule has 3 nitrogen and oxygen atoms in total. The van der Waals surface area contributed by atoms with Gasteiger partial charge in [0.1, 0.15) is 16.6 Å². The number of anilines is 1. The summed E-state index contributed by atoms with van der Waals surface area (Å²) < 4.78 is 4.06. The Morgan fingerprint density at radius 1 is 1.67 bits per heavy atom. The van der Waals surface area contributed by atoms with Crippen molar-refractivity contribution in [3.05, 3.63) is 10.7 Å². The molecule has 15 heavy (non-hydrogen) atoms. The molecule has 1 heterocycles.